The van der Waals surface area contributed by atoms with E-state index in [0.717, 1.165) is 18.7 Å². The lowest BCUT2D eigenvalue weighted by atomic mass is 9.96. The van der Waals surface area contributed by atoms with Crippen molar-refractivity contribution >= 4 is 10.9 Å². The SMILES string of the molecule is Cc1cc2c(cc1-c1ccc3c(CC(C)C)cccc3[n+]1C)Cc1nccn1-2. The van der Waals surface area contributed by atoms with E-state index in [0.29, 0.717) is 5.92 Å². The highest BCUT2D eigenvalue weighted by atomic mass is 15.1. The highest BCUT2D eigenvalue weighted by Crippen LogP contribution is 2.33. The van der Waals surface area contributed by atoms with Gasteiger partial charge in [-0.3, -0.25) is 0 Å². The van der Waals surface area contributed by atoms with Crippen molar-refractivity contribution in [1.82, 2.24) is 9.55 Å². The maximum atomic E-state index is 4.49. The lowest BCUT2D eigenvalue weighted by molar-refractivity contribution is -0.633. The maximum absolute atomic E-state index is 4.49. The van der Waals surface area contributed by atoms with Gasteiger partial charge in [0.1, 0.15) is 12.9 Å². The summed E-state index contributed by atoms with van der Waals surface area (Å²) in [4.78, 5) is 4.49. The topological polar surface area (TPSA) is 21.7 Å². The Bertz CT molecular complexity index is 1210. The fraction of sp³-hybridized carbons (Fsp3) is 0.280. The van der Waals surface area contributed by atoms with Gasteiger partial charge in [-0.1, -0.05) is 26.0 Å². The third-order valence-corrected chi connectivity index (χ3v) is 5.96. The molecule has 3 nitrogen and oxygen atoms in total. The van der Waals surface area contributed by atoms with Gasteiger partial charge >= 0.3 is 0 Å². The lowest BCUT2D eigenvalue weighted by Gasteiger charge is -2.12. The zero-order valence-electron chi connectivity index (χ0n) is 17.0. The third kappa shape index (κ3) is 2.57. The van der Waals surface area contributed by atoms with Crippen molar-refractivity contribution in [3.05, 3.63) is 77.4 Å². The van der Waals surface area contributed by atoms with Crippen LogP contribution in [0.1, 0.15) is 36.4 Å². The summed E-state index contributed by atoms with van der Waals surface area (Å²) in [6.45, 7) is 6.78. The Balaban J connectivity index is 1.66. The third-order valence-electron chi connectivity index (χ3n) is 5.96. The molecular formula is C25H26N3+. The molecule has 1 aliphatic rings. The molecule has 0 fully saturated rings. The number of fused-ring (bicyclic) bond motifs is 4. The molecule has 0 saturated carbocycles. The average molecular weight is 369 g/mol. The normalized spacial score (nSPS) is 12.6. The first-order valence-corrected chi connectivity index (χ1v) is 10.1. The quantitative estimate of drug-likeness (QED) is 0.414. The predicted octanol–water partition coefficient (Wildman–Crippen LogP) is 4.93. The van der Waals surface area contributed by atoms with Gasteiger partial charge in [0.25, 0.3) is 0 Å². The van der Waals surface area contributed by atoms with E-state index in [9.17, 15) is 0 Å². The molecule has 2 aromatic carbocycles. The van der Waals surface area contributed by atoms with Gasteiger partial charge < -0.3 is 4.57 Å². The van der Waals surface area contributed by atoms with Gasteiger partial charge in [0.2, 0.25) is 11.2 Å². The smallest absolute Gasteiger partial charge is 0.213 e. The molecule has 2 aromatic heterocycles. The van der Waals surface area contributed by atoms with Gasteiger partial charge in [0.15, 0.2) is 0 Å². The maximum Gasteiger partial charge on any atom is 0.213 e. The van der Waals surface area contributed by atoms with Crippen LogP contribution in [-0.4, -0.2) is 9.55 Å². The second-order valence-electron chi connectivity index (χ2n) is 8.41. The Morgan fingerprint density at radius 3 is 2.82 bits per heavy atom. The first-order chi connectivity index (χ1) is 13.5. The summed E-state index contributed by atoms with van der Waals surface area (Å²) in [6.07, 6.45) is 5.97. The number of imidazole rings is 1. The zero-order chi connectivity index (χ0) is 19.4. The summed E-state index contributed by atoms with van der Waals surface area (Å²) in [7, 11) is 2.19. The van der Waals surface area contributed by atoms with E-state index in [4.69, 9.17) is 0 Å². The molecule has 28 heavy (non-hydrogen) atoms. The lowest BCUT2D eigenvalue weighted by Crippen LogP contribution is -2.32. The van der Waals surface area contributed by atoms with Crippen molar-refractivity contribution in [1.29, 1.82) is 0 Å². The molecule has 0 radical (unpaired) electrons. The molecule has 0 N–H and O–H groups in total. The summed E-state index contributed by atoms with van der Waals surface area (Å²) in [6, 6.07) is 16.0. The number of nitrogens with zero attached hydrogens (tertiary/aromatic N) is 3. The standard InChI is InChI=1S/C25H26N3/c1-16(2)12-18-6-5-7-22-20(18)8-9-23(27(22)4)21-14-19-15-25-26-10-11-28(25)24(19)13-17(21)3/h5-11,13-14,16H,12,15H2,1-4H3/q+1. The molecular weight excluding hydrogens is 342 g/mol. The van der Waals surface area contributed by atoms with Gasteiger partial charge in [0, 0.05) is 41.9 Å². The summed E-state index contributed by atoms with van der Waals surface area (Å²) in [5.41, 5.74) is 9.23. The number of hydrogen-bond acceptors (Lipinski definition) is 1. The molecule has 1 aliphatic heterocycles. The Morgan fingerprint density at radius 1 is 1.14 bits per heavy atom. The number of aryl methyl sites for hydroxylation is 2. The molecule has 0 saturated heterocycles. The van der Waals surface area contributed by atoms with Crippen LogP contribution < -0.4 is 4.57 Å². The van der Waals surface area contributed by atoms with E-state index in [1.807, 2.05) is 6.20 Å². The highest BCUT2D eigenvalue weighted by molar-refractivity contribution is 5.82. The molecule has 0 amide bonds. The van der Waals surface area contributed by atoms with Gasteiger partial charge in [-0.2, -0.15) is 4.57 Å². The van der Waals surface area contributed by atoms with Gasteiger partial charge in [-0.25, -0.2) is 4.98 Å². The van der Waals surface area contributed by atoms with Crippen LogP contribution in [0.4, 0.5) is 0 Å². The van der Waals surface area contributed by atoms with Crippen molar-refractivity contribution in [2.45, 2.75) is 33.6 Å². The van der Waals surface area contributed by atoms with Crippen molar-refractivity contribution in [3.8, 4) is 16.9 Å². The van der Waals surface area contributed by atoms with E-state index in [1.54, 1.807) is 0 Å². The van der Waals surface area contributed by atoms with Crippen LogP contribution in [-0.2, 0) is 19.9 Å². The Kier molecular flexibility index (Phi) is 3.87. The van der Waals surface area contributed by atoms with Crippen molar-refractivity contribution in [2.24, 2.45) is 13.0 Å². The van der Waals surface area contributed by atoms with Crippen LogP contribution >= 0.6 is 0 Å². The molecule has 3 heteroatoms. The number of pyridine rings is 1. The molecule has 3 heterocycles. The molecule has 0 aliphatic carbocycles. The van der Waals surface area contributed by atoms with E-state index < -0.39 is 0 Å². The van der Waals surface area contributed by atoms with E-state index in [-0.39, 0.29) is 0 Å². The minimum atomic E-state index is 0.654. The molecule has 0 atom stereocenters. The van der Waals surface area contributed by atoms with E-state index >= 15 is 0 Å². The van der Waals surface area contributed by atoms with Gasteiger partial charge in [0.05, 0.1) is 5.69 Å². The minimum Gasteiger partial charge on any atom is -0.303 e. The Morgan fingerprint density at radius 2 is 2.00 bits per heavy atom. The average Bonchev–Trinajstić information content (AvgIpc) is 3.23. The first-order valence-electron chi connectivity index (χ1n) is 10.1. The van der Waals surface area contributed by atoms with Crippen LogP contribution in [0.3, 0.4) is 0 Å². The summed E-state index contributed by atoms with van der Waals surface area (Å²) in [5.74, 6) is 1.79. The van der Waals surface area contributed by atoms with E-state index in [1.165, 1.54) is 44.5 Å². The molecule has 4 aromatic rings. The van der Waals surface area contributed by atoms with Gasteiger partial charge in [-0.05, 0) is 54.2 Å². The predicted molar refractivity (Wildman–Crippen MR) is 114 cm³/mol. The Labute approximate surface area is 166 Å². The van der Waals surface area contributed by atoms with Crippen molar-refractivity contribution in [3.63, 3.8) is 0 Å². The second kappa shape index (κ2) is 6.30. The molecule has 0 bridgehead atoms. The van der Waals surface area contributed by atoms with Gasteiger partial charge in [-0.15, -0.1) is 0 Å². The summed E-state index contributed by atoms with van der Waals surface area (Å²) >= 11 is 0. The molecule has 0 spiro atoms. The first kappa shape index (κ1) is 17.2. The van der Waals surface area contributed by atoms with Crippen LogP contribution in [0.25, 0.3) is 27.8 Å². The number of hydrogen-bond donors (Lipinski definition) is 0. The largest absolute Gasteiger partial charge is 0.303 e. The Hall–Kier alpha value is -2.94. The van der Waals surface area contributed by atoms with Crippen LogP contribution in [0.2, 0.25) is 0 Å². The second-order valence-corrected chi connectivity index (χ2v) is 8.41. The minimum absolute atomic E-state index is 0.654. The van der Waals surface area contributed by atoms with Crippen molar-refractivity contribution in [2.75, 3.05) is 0 Å². The monoisotopic (exact) mass is 368 g/mol. The van der Waals surface area contributed by atoms with Crippen LogP contribution in [0.5, 0.6) is 0 Å². The van der Waals surface area contributed by atoms with Crippen LogP contribution in [0.15, 0.2) is 54.9 Å². The summed E-state index contributed by atoms with van der Waals surface area (Å²) < 4.78 is 4.56. The van der Waals surface area contributed by atoms with Crippen LogP contribution in [0, 0.1) is 12.8 Å². The molecule has 140 valence electrons. The fourth-order valence-corrected chi connectivity index (χ4v) is 4.61. The summed E-state index contributed by atoms with van der Waals surface area (Å²) in [5, 5.41) is 1.36. The molecule has 5 rings (SSSR count). The fourth-order valence-electron chi connectivity index (χ4n) is 4.61. The molecule has 0 unspecified atom stereocenters. The van der Waals surface area contributed by atoms with E-state index in [2.05, 4.69) is 90.6 Å². The number of benzene rings is 2. The number of aromatic nitrogens is 3. The van der Waals surface area contributed by atoms with Crippen molar-refractivity contribution < 1.29 is 4.57 Å². The highest BCUT2D eigenvalue weighted by Gasteiger charge is 2.23. The zero-order valence-corrected chi connectivity index (χ0v) is 17.0. The number of rotatable bonds is 3.